The van der Waals surface area contributed by atoms with Gasteiger partial charge in [0.05, 0.1) is 6.04 Å². The maximum atomic E-state index is 11.7. The number of Topliss-reactive ketones (excluding diaryl/α,β-unsaturated/α-hetero) is 2. The minimum absolute atomic E-state index is 0.0736. The molecule has 0 radical (unpaired) electrons. The van der Waals surface area contributed by atoms with Gasteiger partial charge in [0.25, 0.3) is 0 Å². The second-order valence-corrected chi connectivity index (χ2v) is 5.45. The van der Waals surface area contributed by atoms with E-state index in [4.69, 9.17) is 0 Å². The van der Waals surface area contributed by atoms with Crippen LogP contribution in [0, 0.1) is 5.92 Å². The van der Waals surface area contributed by atoms with Crippen molar-refractivity contribution in [2.24, 2.45) is 5.92 Å². The Kier molecular flexibility index (Phi) is 9.09. The van der Waals surface area contributed by atoms with Crippen molar-refractivity contribution in [3.8, 4) is 0 Å². The van der Waals surface area contributed by atoms with Gasteiger partial charge in [-0.05, 0) is 25.7 Å². The van der Waals surface area contributed by atoms with Gasteiger partial charge in [0, 0.05) is 25.7 Å². The second kappa shape index (κ2) is 9.70. The van der Waals surface area contributed by atoms with Gasteiger partial charge in [-0.15, -0.1) is 0 Å². The molecule has 0 spiro atoms. The molecule has 0 saturated carbocycles. The number of carbonyl (C=O) groups excluding carboxylic acids is 3. The highest BCUT2D eigenvalue weighted by atomic mass is 16.2. The van der Waals surface area contributed by atoms with Gasteiger partial charge in [0.15, 0.2) is 5.78 Å². The second-order valence-electron chi connectivity index (χ2n) is 5.45. The first-order chi connectivity index (χ1) is 8.86. The van der Waals surface area contributed by atoms with Crippen LogP contribution in [-0.4, -0.2) is 23.5 Å². The monoisotopic (exact) mass is 269 g/mol. The fraction of sp³-hybridized carbons (Fsp3) is 0.800. The van der Waals surface area contributed by atoms with E-state index >= 15 is 0 Å². The molecule has 0 heterocycles. The summed E-state index contributed by atoms with van der Waals surface area (Å²) in [5.41, 5.74) is 0. The fourth-order valence-corrected chi connectivity index (χ4v) is 1.76. The van der Waals surface area contributed by atoms with Crippen LogP contribution in [0.25, 0.3) is 0 Å². The quantitative estimate of drug-likeness (QED) is 0.620. The van der Waals surface area contributed by atoms with Crippen LogP contribution in [0.2, 0.25) is 0 Å². The van der Waals surface area contributed by atoms with E-state index in [0.717, 1.165) is 6.42 Å². The minimum Gasteiger partial charge on any atom is -0.347 e. The van der Waals surface area contributed by atoms with Crippen molar-refractivity contribution in [3.63, 3.8) is 0 Å². The van der Waals surface area contributed by atoms with Gasteiger partial charge in [0.1, 0.15) is 5.78 Å². The maximum absolute atomic E-state index is 11.7. The molecule has 0 aromatic heterocycles. The Morgan fingerprint density at radius 1 is 1.00 bits per heavy atom. The van der Waals surface area contributed by atoms with Crippen molar-refractivity contribution < 1.29 is 14.4 Å². The standard InChI is InChI=1S/C15H27NO3/c1-5-13(17)8-6-7-9-15(19)16-12(4)14(18)10-11(2)3/h11-12H,5-10H2,1-4H3,(H,16,19)/t12-/m0/s1. The third-order valence-electron chi connectivity index (χ3n) is 2.97. The fourth-order valence-electron chi connectivity index (χ4n) is 1.76. The molecular weight excluding hydrogens is 242 g/mol. The highest BCUT2D eigenvalue weighted by Crippen LogP contribution is 2.05. The van der Waals surface area contributed by atoms with E-state index in [1.807, 2.05) is 20.8 Å². The van der Waals surface area contributed by atoms with Crippen LogP contribution in [0.1, 0.15) is 66.2 Å². The number of hydrogen-bond acceptors (Lipinski definition) is 3. The summed E-state index contributed by atoms with van der Waals surface area (Å²) in [6.45, 7) is 7.54. The van der Waals surface area contributed by atoms with Gasteiger partial charge < -0.3 is 5.32 Å². The Bertz CT molecular complexity index is 311. The Hall–Kier alpha value is -1.19. The van der Waals surface area contributed by atoms with Crippen LogP contribution in [0.4, 0.5) is 0 Å². The van der Waals surface area contributed by atoms with E-state index < -0.39 is 6.04 Å². The first-order valence-electron chi connectivity index (χ1n) is 7.20. The predicted molar refractivity (Wildman–Crippen MR) is 75.8 cm³/mol. The Labute approximate surface area is 116 Å². The van der Waals surface area contributed by atoms with Crippen LogP contribution in [0.5, 0.6) is 0 Å². The van der Waals surface area contributed by atoms with Crippen LogP contribution in [0.3, 0.4) is 0 Å². The molecule has 0 unspecified atom stereocenters. The van der Waals surface area contributed by atoms with Crippen molar-refractivity contribution in [1.82, 2.24) is 5.32 Å². The van der Waals surface area contributed by atoms with E-state index in [1.165, 1.54) is 0 Å². The molecule has 110 valence electrons. The molecule has 0 bridgehead atoms. The lowest BCUT2D eigenvalue weighted by atomic mass is 10.0. The molecule has 4 heteroatoms. The number of unbranched alkanes of at least 4 members (excludes halogenated alkanes) is 1. The molecule has 0 aliphatic rings. The predicted octanol–water partition coefficient (Wildman–Crippen LogP) is 2.65. The van der Waals surface area contributed by atoms with Crippen molar-refractivity contribution in [2.45, 2.75) is 72.3 Å². The summed E-state index contributed by atoms with van der Waals surface area (Å²) in [7, 11) is 0. The number of amides is 1. The highest BCUT2D eigenvalue weighted by molar-refractivity contribution is 5.88. The number of nitrogens with one attached hydrogen (secondary N) is 1. The molecule has 0 rings (SSSR count). The average molecular weight is 269 g/mol. The third-order valence-corrected chi connectivity index (χ3v) is 2.97. The molecule has 0 saturated heterocycles. The van der Waals surface area contributed by atoms with E-state index in [-0.39, 0.29) is 17.5 Å². The smallest absolute Gasteiger partial charge is 0.220 e. The van der Waals surface area contributed by atoms with Gasteiger partial charge in [-0.3, -0.25) is 14.4 Å². The van der Waals surface area contributed by atoms with Gasteiger partial charge in [-0.25, -0.2) is 0 Å². The van der Waals surface area contributed by atoms with Gasteiger partial charge in [-0.1, -0.05) is 20.8 Å². The zero-order valence-electron chi connectivity index (χ0n) is 12.6. The van der Waals surface area contributed by atoms with E-state index in [2.05, 4.69) is 5.32 Å². The first kappa shape index (κ1) is 17.8. The van der Waals surface area contributed by atoms with Crippen molar-refractivity contribution in [2.75, 3.05) is 0 Å². The Morgan fingerprint density at radius 3 is 2.11 bits per heavy atom. The zero-order valence-corrected chi connectivity index (χ0v) is 12.6. The molecular formula is C15H27NO3. The molecule has 19 heavy (non-hydrogen) atoms. The summed E-state index contributed by atoms with van der Waals surface area (Å²) in [5.74, 6) is 0.519. The largest absolute Gasteiger partial charge is 0.347 e. The number of ketones is 2. The summed E-state index contributed by atoms with van der Waals surface area (Å²) in [5, 5.41) is 2.71. The maximum Gasteiger partial charge on any atom is 0.220 e. The summed E-state index contributed by atoms with van der Waals surface area (Å²) < 4.78 is 0. The number of carbonyl (C=O) groups is 3. The first-order valence-corrected chi connectivity index (χ1v) is 7.20. The topological polar surface area (TPSA) is 63.2 Å². The van der Waals surface area contributed by atoms with E-state index in [1.54, 1.807) is 6.92 Å². The summed E-state index contributed by atoms with van der Waals surface area (Å²) >= 11 is 0. The lowest BCUT2D eigenvalue weighted by Crippen LogP contribution is -2.38. The molecule has 4 nitrogen and oxygen atoms in total. The molecule has 0 aliphatic carbocycles. The highest BCUT2D eigenvalue weighted by Gasteiger charge is 2.16. The Morgan fingerprint density at radius 2 is 1.58 bits per heavy atom. The molecule has 1 atom stereocenters. The molecule has 0 aliphatic heterocycles. The normalized spacial score (nSPS) is 12.3. The van der Waals surface area contributed by atoms with Crippen molar-refractivity contribution in [3.05, 3.63) is 0 Å². The van der Waals surface area contributed by atoms with Crippen LogP contribution < -0.4 is 5.32 Å². The third kappa shape index (κ3) is 9.40. The molecule has 0 fully saturated rings. The van der Waals surface area contributed by atoms with Crippen molar-refractivity contribution in [1.29, 1.82) is 0 Å². The van der Waals surface area contributed by atoms with Crippen LogP contribution in [0.15, 0.2) is 0 Å². The number of rotatable bonds is 10. The van der Waals surface area contributed by atoms with E-state index in [9.17, 15) is 14.4 Å². The lowest BCUT2D eigenvalue weighted by molar-refractivity contribution is -0.127. The van der Waals surface area contributed by atoms with Crippen LogP contribution in [-0.2, 0) is 14.4 Å². The lowest BCUT2D eigenvalue weighted by Gasteiger charge is -2.14. The minimum atomic E-state index is -0.410. The molecule has 1 N–H and O–H groups in total. The summed E-state index contributed by atoms with van der Waals surface area (Å²) in [4.78, 5) is 34.4. The average Bonchev–Trinajstić information content (AvgIpc) is 2.33. The zero-order chi connectivity index (χ0) is 14.8. The summed E-state index contributed by atoms with van der Waals surface area (Å²) in [6.07, 6.45) is 3.43. The van der Waals surface area contributed by atoms with Gasteiger partial charge in [0.2, 0.25) is 5.91 Å². The summed E-state index contributed by atoms with van der Waals surface area (Å²) in [6, 6.07) is -0.410. The van der Waals surface area contributed by atoms with E-state index in [0.29, 0.717) is 38.0 Å². The molecule has 0 aromatic rings. The van der Waals surface area contributed by atoms with Crippen molar-refractivity contribution >= 4 is 17.5 Å². The molecule has 0 aromatic carbocycles. The number of hydrogen-bond donors (Lipinski definition) is 1. The Balaban J connectivity index is 3.79. The SMILES string of the molecule is CCC(=O)CCCCC(=O)N[C@@H](C)C(=O)CC(C)C. The van der Waals surface area contributed by atoms with Gasteiger partial charge >= 0.3 is 0 Å². The van der Waals surface area contributed by atoms with Gasteiger partial charge in [-0.2, -0.15) is 0 Å². The molecule has 1 amide bonds. The van der Waals surface area contributed by atoms with Crippen LogP contribution >= 0.6 is 0 Å².